The highest BCUT2D eigenvalue weighted by molar-refractivity contribution is 9.10. The van der Waals surface area contributed by atoms with Gasteiger partial charge in [0.15, 0.2) is 11.5 Å². The molecule has 0 spiro atoms. The van der Waals surface area contributed by atoms with Crippen LogP contribution in [0.3, 0.4) is 0 Å². The van der Waals surface area contributed by atoms with Crippen LogP contribution in [0.25, 0.3) is 0 Å². The van der Waals surface area contributed by atoms with Crippen LogP contribution in [0.4, 0.5) is 5.69 Å². The van der Waals surface area contributed by atoms with Crippen molar-refractivity contribution in [2.75, 3.05) is 23.4 Å². The molecule has 35 heavy (non-hydrogen) atoms. The van der Waals surface area contributed by atoms with Crippen LogP contribution < -0.4 is 19.1 Å². The van der Waals surface area contributed by atoms with E-state index in [1.165, 1.54) is 17.9 Å². The van der Waals surface area contributed by atoms with Crippen molar-refractivity contribution in [3.05, 3.63) is 52.5 Å². The van der Waals surface area contributed by atoms with Crippen LogP contribution in [0.5, 0.6) is 11.5 Å². The Kier molecular flexibility index (Phi) is 8.65. The maximum atomic E-state index is 13.6. The fourth-order valence-electron chi connectivity index (χ4n) is 3.53. The van der Waals surface area contributed by atoms with Gasteiger partial charge in [0.2, 0.25) is 28.6 Å². The largest absolute Gasteiger partial charge is 0.454 e. The fraction of sp³-hybridized carbons (Fsp3) is 0.417. The molecule has 3 rings (SSSR count). The quantitative estimate of drug-likeness (QED) is 0.472. The first kappa shape index (κ1) is 26.8. The van der Waals surface area contributed by atoms with Crippen molar-refractivity contribution in [2.24, 2.45) is 0 Å². The summed E-state index contributed by atoms with van der Waals surface area (Å²) in [6, 6.07) is 11.2. The molecule has 0 aliphatic carbocycles. The number of carbonyl (C=O) groups excluding carboxylic acids is 2. The third-order valence-corrected chi connectivity index (χ3v) is 7.76. The molecule has 2 aromatic carbocycles. The van der Waals surface area contributed by atoms with Crippen molar-refractivity contribution < 1.29 is 27.5 Å². The summed E-state index contributed by atoms with van der Waals surface area (Å²) in [4.78, 5) is 27.8. The predicted molar refractivity (Wildman–Crippen MR) is 137 cm³/mol. The number of amides is 2. The van der Waals surface area contributed by atoms with E-state index in [4.69, 9.17) is 9.47 Å². The first-order chi connectivity index (χ1) is 16.5. The molecule has 1 heterocycles. The maximum Gasteiger partial charge on any atom is 0.244 e. The second-order valence-electron chi connectivity index (χ2n) is 8.43. The molecule has 0 saturated carbocycles. The lowest BCUT2D eigenvalue weighted by Crippen LogP contribution is -2.52. The maximum absolute atomic E-state index is 13.6. The molecule has 0 radical (unpaired) electrons. The van der Waals surface area contributed by atoms with Crippen LogP contribution in [0.15, 0.2) is 46.9 Å². The number of carbonyl (C=O) groups is 2. The summed E-state index contributed by atoms with van der Waals surface area (Å²) in [6.07, 6.45) is 0. The number of sulfonamides is 1. The van der Waals surface area contributed by atoms with Gasteiger partial charge in [-0.2, -0.15) is 0 Å². The average Bonchev–Trinajstić information content (AvgIpc) is 3.29. The van der Waals surface area contributed by atoms with E-state index in [-0.39, 0.29) is 36.7 Å². The van der Waals surface area contributed by atoms with Gasteiger partial charge in [0.05, 0.1) is 11.4 Å². The normalized spacial score (nSPS) is 13.4. The van der Waals surface area contributed by atoms with Gasteiger partial charge in [0.25, 0.3) is 0 Å². The number of ether oxygens (including phenoxy) is 2. The van der Waals surface area contributed by atoms with Gasteiger partial charge >= 0.3 is 0 Å². The molecule has 11 heteroatoms. The van der Waals surface area contributed by atoms with Crippen molar-refractivity contribution in [1.82, 2.24) is 10.2 Å². The Morgan fingerprint density at radius 3 is 2.34 bits per heavy atom. The zero-order valence-electron chi connectivity index (χ0n) is 20.2. The van der Waals surface area contributed by atoms with Gasteiger partial charge in [-0.1, -0.05) is 28.1 Å². The van der Waals surface area contributed by atoms with Crippen molar-refractivity contribution in [1.29, 1.82) is 0 Å². The third-order valence-electron chi connectivity index (χ3n) is 5.49. The number of benzene rings is 2. The Hall–Kier alpha value is -2.79. The first-order valence-corrected chi connectivity index (χ1v) is 13.7. The molecule has 0 saturated heterocycles. The van der Waals surface area contributed by atoms with Gasteiger partial charge in [-0.05, 0) is 57.5 Å². The monoisotopic (exact) mass is 567 g/mol. The molecule has 0 unspecified atom stereocenters. The zero-order chi connectivity index (χ0) is 25.8. The second-order valence-corrected chi connectivity index (χ2v) is 11.5. The number of halogens is 1. The summed E-state index contributed by atoms with van der Waals surface area (Å²) in [5, 5.41) is 2.82. The fourth-order valence-corrected chi connectivity index (χ4v) is 4.85. The van der Waals surface area contributed by atoms with E-state index in [1.807, 2.05) is 38.1 Å². The highest BCUT2D eigenvalue weighted by atomic mass is 79.9. The second kappa shape index (κ2) is 11.3. The first-order valence-electron chi connectivity index (χ1n) is 11.3. The van der Waals surface area contributed by atoms with Crippen molar-refractivity contribution in [3.8, 4) is 11.5 Å². The molecule has 190 valence electrons. The molecular weight excluding hydrogens is 538 g/mol. The topological polar surface area (TPSA) is 105 Å². The standard InChI is InChI=1S/C24H30BrN3O6S/c1-5-35(31,32)28(20-10-11-21-22(12-20)34-15-33-21)14-23(29)27(17(4)24(30)26-16(2)3)13-18-6-8-19(25)9-7-18/h6-12,16-17H,5,13-15H2,1-4H3,(H,26,30)/t17-/m1/s1. The van der Waals surface area contributed by atoms with Gasteiger partial charge < -0.3 is 19.7 Å². The van der Waals surface area contributed by atoms with Crippen molar-refractivity contribution in [2.45, 2.75) is 46.3 Å². The summed E-state index contributed by atoms with van der Waals surface area (Å²) in [6.45, 7) is 6.53. The van der Waals surface area contributed by atoms with E-state index in [0.29, 0.717) is 11.5 Å². The molecule has 1 atom stereocenters. The molecule has 1 aliphatic rings. The van der Waals surface area contributed by atoms with Crippen LogP contribution >= 0.6 is 15.9 Å². The number of fused-ring (bicyclic) bond motifs is 1. The van der Waals surface area contributed by atoms with Crippen LogP contribution in [0.2, 0.25) is 0 Å². The third kappa shape index (κ3) is 6.66. The van der Waals surface area contributed by atoms with Gasteiger partial charge in [-0.25, -0.2) is 8.42 Å². The van der Waals surface area contributed by atoms with E-state index < -0.39 is 28.5 Å². The lowest BCUT2D eigenvalue weighted by Gasteiger charge is -2.32. The smallest absolute Gasteiger partial charge is 0.244 e. The van der Waals surface area contributed by atoms with Crippen LogP contribution in [0, 0.1) is 0 Å². The predicted octanol–water partition coefficient (Wildman–Crippen LogP) is 3.28. The van der Waals surface area contributed by atoms with E-state index >= 15 is 0 Å². The summed E-state index contributed by atoms with van der Waals surface area (Å²) < 4.78 is 38.6. The molecule has 9 nitrogen and oxygen atoms in total. The van der Waals surface area contributed by atoms with E-state index in [0.717, 1.165) is 14.3 Å². The Labute approximate surface area is 214 Å². The van der Waals surface area contributed by atoms with Gasteiger partial charge in [-0.3, -0.25) is 13.9 Å². The summed E-state index contributed by atoms with van der Waals surface area (Å²) >= 11 is 3.39. The molecular formula is C24H30BrN3O6S. The Morgan fingerprint density at radius 2 is 1.71 bits per heavy atom. The lowest BCUT2D eigenvalue weighted by atomic mass is 10.1. The van der Waals surface area contributed by atoms with Crippen LogP contribution in [0.1, 0.15) is 33.3 Å². The number of rotatable bonds is 10. The minimum absolute atomic E-state index is 0.0433. The van der Waals surface area contributed by atoms with Crippen LogP contribution in [-0.2, 0) is 26.2 Å². The Bertz CT molecular complexity index is 1170. The molecule has 2 aromatic rings. The molecule has 0 bridgehead atoms. The van der Waals surface area contributed by atoms with Gasteiger partial charge in [0, 0.05) is 23.1 Å². The number of hydrogen-bond donors (Lipinski definition) is 1. The summed E-state index contributed by atoms with van der Waals surface area (Å²) in [7, 11) is -3.82. The SMILES string of the molecule is CCS(=O)(=O)N(CC(=O)N(Cc1ccc(Br)cc1)[C@H](C)C(=O)NC(C)C)c1ccc2c(c1)OCO2. The molecule has 1 aliphatic heterocycles. The number of nitrogens with one attached hydrogen (secondary N) is 1. The lowest BCUT2D eigenvalue weighted by molar-refractivity contribution is -0.139. The molecule has 2 amide bonds. The van der Waals surface area contributed by atoms with Crippen LogP contribution in [-0.4, -0.2) is 56.3 Å². The number of hydrogen-bond acceptors (Lipinski definition) is 6. The Morgan fingerprint density at radius 1 is 1.06 bits per heavy atom. The number of nitrogens with zero attached hydrogens (tertiary/aromatic N) is 2. The average molecular weight is 568 g/mol. The van der Waals surface area contributed by atoms with Gasteiger partial charge in [0.1, 0.15) is 12.6 Å². The van der Waals surface area contributed by atoms with E-state index in [2.05, 4.69) is 21.2 Å². The minimum atomic E-state index is -3.82. The van der Waals surface area contributed by atoms with Gasteiger partial charge in [-0.15, -0.1) is 0 Å². The van der Waals surface area contributed by atoms with E-state index in [9.17, 15) is 18.0 Å². The van der Waals surface area contributed by atoms with Crippen molar-refractivity contribution in [3.63, 3.8) is 0 Å². The number of anilines is 1. The highest BCUT2D eigenvalue weighted by Crippen LogP contribution is 2.36. The molecule has 0 aromatic heterocycles. The zero-order valence-corrected chi connectivity index (χ0v) is 22.6. The minimum Gasteiger partial charge on any atom is -0.454 e. The summed E-state index contributed by atoms with van der Waals surface area (Å²) in [5.74, 6) is -0.120. The molecule has 0 fully saturated rings. The Balaban J connectivity index is 1.93. The van der Waals surface area contributed by atoms with E-state index in [1.54, 1.807) is 19.1 Å². The summed E-state index contributed by atoms with van der Waals surface area (Å²) in [5.41, 5.74) is 1.09. The van der Waals surface area contributed by atoms with Crippen molar-refractivity contribution >= 4 is 43.5 Å². The highest BCUT2D eigenvalue weighted by Gasteiger charge is 2.31. The molecule has 1 N–H and O–H groups in total.